The molecule has 172 valence electrons. The molecule has 10 heteroatoms. The Bertz CT molecular complexity index is 1510. The second-order valence-electron chi connectivity index (χ2n) is 7.17. The zero-order chi connectivity index (χ0) is 22.6. The zero-order valence-electron chi connectivity index (χ0n) is 18.1. The van der Waals surface area contributed by atoms with Crippen LogP contribution in [0.15, 0.2) is 85.5 Å². The van der Waals surface area contributed by atoms with E-state index in [4.69, 9.17) is 0 Å². The first-order chi connectivity index (χ1) is 16.2. The smallest absolute Gasteiger partial charge is 0.186 e. The molecular formula is C24H19FN8Pt. The molecule has 6 aromatic heterocycles. The van der Waals surface area contributed by atoms with E-state index >= 15 is 0 Å². The molecule has 0 atom stereocenters. The van der Waals surface area contributed by atoms with Gasteiger partial charge in [-0.15, -0.1) is 20.4 Å². The Hall–Kier alpha value is -3.84. The number of rotatable bonds is 3. The van der Waals surface area contributed by atoms with Gasteiger partial charge in [0.05, 0.1) is 6.20 Å². The fraction of sp³-hybridized carbons (Fsp3) is 0.0833. The first kappa shape index (κ1) is 23.3. The van der Waals surface area contributed by atoms with Gasteiger partial charge in [0, 0.05) is 39.7 Å². The molecule has 0 aliphatic carbocycles. The van der Waals surface area contributed by atoms with E-state index < -0.39 is 0 Å². The van der Waals surface area contributed by atoms with E-state index in [1.807, 2.05) is 65.5 Å². The van der Waals surface area contributed by atoms with Crippen LogP contribution in [0.1, 0.15) is 12.5 Å². The van der Waals surface area contributed by atoms with Crippen molar-refractivity contribution in [2.24, 2.45) is 0 Å². The summed E-state index contributed by atoms with van der Waals surface area (Å²) < 4.78 is 16.5. The van der Waals surface area contributed by atoms with Crippen molar-refractivity contribution in [1.82, 2.24) is 39.2 Å². The van der Waals surface area contributed by atoms with Crippen molar-refractivity contribution < 1.29 is 25.5 Å². The van der Waals surface area contributed by atoms with Gasteiger partial charge in [-0.2, -0.15) is 0 Å². The maximum absolute atomic E-state index is 12.7. The van der Waals surface area contributed by atoms with Crippen LogP contribution in [0.5, 0.6) is 0 Å². The molecule has 0 aliphatic heterocycles. The van der Waals surface area contributed by atoms with Crippen molar-refractivity contribution in [2.75, 3.05) is 0 Å². The first-order valence-electron chi connectivity index (χ1n) is 10.4. The summed E-state index contributed by atoms with van der Waals surface area (Å²) in [5.41, 5.74) is 4.25. The summed E-state index contributed by atoms with van der Waals surface area (Å²) in [6.45, 7) is 2.11. The van der Waals surface area contributed by atoms with Gasteiger partial charge < -0.3 is 0 Å². The van der Waals surface area contributed by atoms with Crippen molar-refractivity contribution >= 4 is 11.3 Å². The molecule has 0 radical (unpaired) electrons. The molecule has 0 spiro atoms. The van der Waals surface area contributed by atoms with Gasteiger partial charge in [-0.1, -0.05) is 25.1 Å². The van der Waals surface area contributed by atoms with Crippen molar-refractivity contribution in [2.45, 2.75) is 13.3 Å². The summed E-state index contributed by atoms with van der Waals surface area (Å²) in [6, 6.07) is 18.4. The van der Waals surface area contributed by atoms with Gasteiger partial charge in [-0.25, -0.2) is 9.37 Å². The third-order valence-electron chi connectivity index (χ3n) is 5.05. The minimum Gasteiger partial charge on any atom is -0.281 e. The Morgan fingerprint density at radius 2 is 1.24 bits per heavy atom. The van der Waals surface area contributed by atoms with Crippen LogP contribution in [0.3, 0.4) is 0 Å². The Balaban J connectivity index is 0.000000157. The molecule has 0 saturated heterocycles. The fourth-order valence-electron chi connectivity index (χ4n) is 3.31. The Kier molecular flexibility index (Phi) is 7.13. The zero-order valence-corrected chi connectivity index (χ0v) is 20.3. The Labute approximate surface area is 208 Å². The van der Waals surface area contributed by atoms with E-state index in [1.165, 1.54) is 17.8 Å². The molecule has 0 saturated carbocycles. The van der Waals surface area contributed by atoms with Crippen LogP contribution < -0.4 is 0 Å². The minimum atomic E-state index is -0.363. The number of hydrogen-bond donors (Lipinski definition) is 0. The molecule has 0 N–H and O–H groups in total. The number of nitrogens with zero attached hydrogens (tertiary/aromatic N) is 8. The fourth-order valence-corrected chi connectivity index (χ4v) is 3.31. The van der Waals surface area contributed by atoms with E-state index in [9.17, 15) is 4.39 Å². The van der Waals surface area contributed by atoms with E-state index in [2.05, 4.69) is 43.4 Å². The summed E-state index contributed by atoms with van der Waals surface area (Å²) in [6.07, 6.45) is 7.84. The molecule has 34 heavy (non-hydrogen) atoms. The van der Waals surface area contributed by atoms with E-state index in [0.717, 1.165) is 29.2 Å². The topological polar surface area (TPSA) is 86.2 Å². The van der Waals surface area contributed by atoms with Gasteiger partial charge in [0.15, 0.2) is 22.9 Å². The van der Waals surface area contributed by atoms with Gasteiger partial charge in [-0.3, -0.25) is 13.8 Å². The Morgan fingerprint density at radius 3 is 1.71 bits per heavy atom. The Morgan fingerprint density at radius 1 is 0.676 bits per heavy atom. The number of hydrogen-bond acceptors (Lipinski definition) is 6. The predicted octanol–water partition coefficient (Wildman–Crippen LogP) is 4.28. The van der Waals surface area contributed by atoms with Gasteiger partial charge in [0.1, 0.15) is 17.2 Å². The molecule has 0 aromatic carbocycles. The minimum absolute atomic E-state index is 0. The third kappa shape index (κ3) is 4.75. The van der Waals surface area contributed by atoms with Crippen LogP contribution in [0, 0.1) is 5.82 Å². The van der Waals surface area contributed by atoms with Gasteiger partial charge in [0.25, 0.3) is 0 Å². The van der Waals surface area contributed by atoms with Crippen LogP contribution in [-0.2, 0) is 27.5 Å². The maximum Gasteiger partial charge on any atom is 0.186 e. The molecule has 8 nitrogen and oxygen atoms in total. The molecule has 6 heterocycles. The molecule has 0 aliphatic rings. The molecule has 0 bridgehead atoms. The van der Waals surface area contributed by atoms with Crippen molar-refractivity contribution in [3.63, 3.8) is 0 Å². The average molecular weight is 634 g/mol. The third-order valence-corrected chi connectivity index (χ3v) is 5.05. The SMILES string of the molecule is CCc1ccc(-c2nnc3ccccn23)nc1.Fc1ccc(-c2nnc3ccccn23)nc1.[Pt]. The summed E-state index contributed by atoms with van der Waals surface area (Å²) >= 11 is 0. The van der Waals surface area contributed by atoms with Crippen LogP contribution >= 0.6 is 0 Å². The number of pyridine rings is 4. The number of fused-ring (bicyclic) bond motifs is 2. The van der Waals surface area contributed by atoms with Crippen LogP contribution in [0.4, 0.5) is 4.39 Å². The average Bonchev–Trinajstić information content (AvgIpc) is 3.50. The molecule has 0 amide bonds. The molecule has 6 rings (SSSR count). The molecule has 6 aromatic rings. The molecule has 0 unspecified atom stereocenters. The largest absolute Gasteiger partial charge is 0.281 e. The van der Waals surface area contributed by atoms with Gasteiger partial charge in [-0.05, 0) is 54.4 Å². The summed E-state index contributed by atoms with van der Waals surface area (Å²) in [5, 5.41) is 16.3. The van der Waals surface area contributed by atoms with E-state index in [0.29, 0.717) is 11.5 Å². The normalized spacial score (nSPS) is 10.5. The summed E-state index contributed by atoms with van der Waals surface area (Å²) in [4.78, 5) is 8.39. The number of aromatic nitrogens is 8. The second-order valence-corrected chi connectivity index (χ2v) is 7.17. The van der Waals surface area contributed by atoms with E-state index in [1.54, 1.807) is 10.5 Å². The maximum atomic E-state index is 12.7. The summed E-state index contributed by atoms with van der Waals surface area (Å²) in [5.74, 6) is 1.02. The van der Waals surface area contributed by atoms with E-state index in [-0.39, 0.29) is 26.9 Å². The van der Waals surface area contributed by atoms with Gasteiger partial charge >= 0.3 is 0 Å². The van der Waals surface area contributed by atoms with Crippen molar-refractivity contribution in [3.8, 4) is 23.0 Å². The monoisotopic (exact) mass is 633 g/mol. The van der Waals surface area contributed by atoms with Crippen LogP contribution in [0.25, 0.3) is 34.3 Å². The molecular weight excluding hydrogens is 614 g/mol. The first-order valence-corrected chi connectivity index (χ1v) is 10.4. The predicted molar refractivity (Wildman–Crippen MR) is 122 cm³/mol. The quantitative estimate of drug-likeness (QED) is 0.289. The standard InChI is InChI=1S/C13H12N4.C11H7FN4.Pt/c1-2-10-6-7-11(14-9-10)13-16-15-12-5-3-4-8-17(12)13;12-8-4-5-9(13-7-8)11-15-14-10-3-1-2-6-16(10)11;/h3-9H,2H2,1H3;1-7H;. The van der Waals surface area contributed by atoms with Crippen LogP contribution in [-0.4, -0.2) is 39.2 Å². The molecule has 0 fully saturated rings. The van der Waals surface area contributed by atoms with Crippen LogP contribution in [0.2, 0.25) is 0 Å². The van der Waals surface area contributed by atoms with Crippen molar-refractivity contribution in [1.29, 1.82) is 0 Å². The number of halogens is 1. The summed E-state index contributed by atoms with van der Waals surface area (Å²) in [7, 11) is 0. The van der Waals surface area contributed by atoms with Gasteiger partial charge in [0.2, 0.25) is 0 Å². The van der Waals surface area contributed by atoms with Crippen molar-refractivity contribution in [3.05, 3.63) is 96.8 Å². The second kappa shape index (κ2) is 10.4. The number of aryl methyl sites for hydroxylation is 1.